The zero-order valence-corrected chi connectivity index (χ0v) is 11.2. The number of hydrogen-bond donors (Lipinski definition) is 1. The SMILES string of the molecule is Cc1cc(C(=O)O)cnc1N1CCCC1C(C)C. The zero-order valence-electron chi connectivity index (χ0n) is 11.2. The van der Waals surface area contributed by atoms with Gasteiger partial charge in [0, 0.05) is 18.8 Å². The van der Waals surface area contributed by atoms with Crippen molar-refractivity contribution in [3.8, 4) is 0 Å². The van der Waals surface area contributed by atoms with Crippen molar-refractivity contribution < 1.29 is 9.90 Å². The van der Waals surface area contributed by atoms with Crippen LogP contribution in [-0.4, -0.2) is 28.6 Å². The van der Waals surface area contributed by atoms with E-state index in [0.717, 1.165) is 17.9 Å². The average molecular weight is 248 g/mol. The van der Waals surface area contributed by atoms with Gasteiger partial charge in [-0.15, -0.1) is 0 Å². The molecule has 0 spiro atoms. The lowest BCUT2D eigenvalue weighted by Crippen LogP contribution is -2.34. The van der Waals surface area contributed by atoms with Crippen LogP contribution in [0.2, 0.25) is 0 Å². The maximum atomic E-state index is 10.9. The molecule has 0 bridgehead atoms. The number of hydrogen-bond acceptors (Lipinski definition) is 3. The van der Waals surface area contributed by atoms with Gasteiger partial charge < -0.3 is 10.0 Å². The van der Waals surface area contributed by atoms with E-state index in [-0.39, 0.29) is 5.56 Å². The van der Waals surface area contributed by atoms with Crippen LogP contribution in [0.15, 0.2) is 12.3 Å². The summed E-state index contributed by atoms with van der Waals surface area (Å²) in [6.45, 7) is 7.40. The van der Waals surface area contributed by atoms with E-state index in [9.17, 15) is 4.79 Å². The van der Waals surface area contributed by atoms with E-state index < -0.39 is 5.97 Å². The van der Waals surface area contributed by atoms with Crippen LogP contribution < -0.4 is 4.90 Å². The quantitative estimate of drug-likeness (QED) is 0.893. The molecule has 4 heteroatoms. The number of carbonyl (C=O) groups is 1. The monoisotopic (exact) mass is 248 g/mol. The van der Waals surface area contributed by atoms with E-state index in [2.05, 4.69) is 23.7 Å². The summed E-state index contributed by atoms with van der Waals surface area (Å²) in [7, 11) is 0. The normalized spacial score (nSPS) is 19.6. The summed E-state index contributed by atoms with van der Waals surface area (Å²) >= 11 is 0. The highest BCUT2D eigenvalue weighted by Crippen LogP contribution is 2.30. The van der Waals surface area contributed by atoms with Crippen LogP contribution in [-0.2, 0) is 0 Å². The van der Waals surface area contributed by atoms with Gasteiger partial charge in [0.2, 0.25) is 0 Å². The van der Waals surface area contributed by atoms with E-state index >= 15 is 0 Å². The minimum Gasteiger partial charge on any atom is -0.478 e. The Balaban J connectivity index is 2.31. The van der Waals surface area contributed by atoms with Gasteiger partial charge in [-0.25, -0.2) is 9.78 Å². The third kappa shape index (κ3) is 2.33. The number of carboxylic acid groups (broad SMARTS) is 1. The minimum atomic E-state index is -0.918. The zero-order chi connectivity index (χ0) is 13.3. The first-order chi connectivity index (χ1) is 8.50. The van der Waals surface area contributed by atoms with Crippen molar-refractivity contribution in [1.82, 2.24) is 4.98 Å². The molecule has 0 aliphatic carbocycles. The molecule has 0 saturated carbocycles. The smallest absolute Gasteiger partial charge is 0.337 e. The van der Waals surface area contributed by atoms with Gasteiger partial charge >= 0.3 is 5.97 Å². The van der Waals surface area contributed by atoms with Crippen molar-refractivity contribution in [3.63, 3.8) is 0 Å². The van der Waals surface area contributed by atoms with Crippen molar-refractivity contribution in [1.29, 1.82) is 0 Å². The Morgan fingerprint density at radius 2 is 2.28 bits per heavy atom. The molecule has 1 aromatic heterocycles. The van der Waals surface area contributed by atoms with Gasteiger partial charge in [0.1, 0.15) is 5.82 Å². The van der Waals surface area contributed by atoms with Gasteiger partial charge in [0.15, 0.2) is 0 Å². The first kappa shape index (κ1) is 12.9. The van der Waals surface area contributed by atoms with Crippen LogP contribution in [0, 0.1) is 12.8 Å². The number of aryl methyl sites for hydroxylation is 1. The Bertz CT molecular complexity index is 457. The highest BCUT2D eigenvalue weighted by Gasteiger charge is 2.29. The number of pyridine rings is 1. The van der Waals surface area contributed by atoms with Crippen LogP contribution in [0.1, 0.15) is 42.6 Å². The van der Waals surface area contributed by atoms with Crippen LogP contribution in [0.25, 0.3) is 0 Å². The van der Waals surface area contributed by atoms with E-state index in [0.29, 0.717) is 12.0 Å². The summed E-state index contributed by atoms with van der Waals surface area (Å²) in [4.78, 5) is 17.6. The maximum Gasteiger partial charge on any atom is 0.337 e. The van der Waals surface area contributed by atoms with E-state index in [4.69, 9.17) is 5.11 Å². The second-order valence-corrected chi connectivity index (χ2v) is 5.32. The van der Waals surface area contributed by atoms with Gasteiger partial charge in [-0.1, -0.05) is 13.8 Å². The van der Waals surface area contributed by atoms with Gasteiger partial charge in [-0.05, 0) is 37.3 Å². The molecule has 1 saturated heterocycles. The van der Waals surface area contributed by atoms with Crippen LogP contribution in [0.4, 0.5) is 5.82 Å². The fourth-order valence-electron chi connectivity index (χ4n) is 2.73. The Morgan fingerprint density at radius 3 is 2.83 bits per heavy atom. The minimum absolute atomic E-state index is 0.261. The second-order valence-electron chi connectivity index (χ2n) is 5.32. The Kier molecular flexibility index (Phi) is 3.55. The molecule has 0 amide bonds. The van der Waals surface area contributed by atoms with Gasteiger partial charge in [-0.3, -0.25) is 0 Å². The Morgan fingerprint density at radius 1 is 1.56 bits per heavy atom. The van der Waals surface area contributed by atoms with Crippen molar-refractivity contribution in [2.75, 3.05) is 11.4 Å². The van der Waals surface area contributed by atoms with Crippen LogP contribution in [0.3, 0.4) is 0 Å². The van der Waals surface area contributed by atoms with Crippen molar-refractivity contribution in [2.24, 2.45) is 5.92 Å². The molecule has 1 aliphatic rings. The molecule has 2 rings (SSSR count). The lowest BCUT2D eigenvalue weighted by atomic mass is 10.0. The maximum absolute atomic E-state index is 10.9. The van der Waals surface area contributed by atoms with Crippen molar-refractivity contribution >= 4 is 11.8 Å². The highest BCUT2D eigenvalue weighted by molar-refractivity contribution is 5.87. The third-order valence-corrected chi connectivity index (χ3v) is 3.64. The Labute approximate surface area is 108 Å². The molecular weight excluding hydrogens is 228 g/mol. The Hall–Kier alpha value is -1.58. The van der Waals surface area contributed by atoms with Crippen molar-refractivity contribution in [2.45, 2.75) is 39.7 Å². The van der Waals surface area contributed by atoms with Gasteiger partial charge in [0.05, 0.1) is 5.56 Å². The standard InChI is InChI=1S/C14H20N2O2/c1-9(2)12-5-4-6-16(12)13-10(3)7-11(8-15-13)14(17)18/h7-9,12H,4-6H2,1-3H3,(H,17,18). The lowest BCUT2D eigenvalue weighted by Gasteiger charge is -2.29. The average Bonchev–Trinajstić information content (AvgIpc) is 2.77. The molecule has 0 aromatic carbocycles. The first-order valence-corrected chi connectivity index (χ1v) is 6.47. The summed E-state index contributed by atoms with van der Waals surface area (Å²) in [6, 6.07) is 2.23. The van der Waals surface area contributed by atoms with Gasteiger partial charge in [0.25, 0.3) is 0 Å². The molecule has 2 heterocycles. The summed E-state index contributed by atoms with van der Waals surface area (Å²) < 4.78 is 0. The summed E-state index contributed by atoms with van der Waals surface area (Å²) in [5, 5.41) is 8.95. The van der Waals surface area contributed by atoms with E-state index in [1.807, 2.05) is 6.92 Å². The van der Waals surface area contributed by atoms with Crippen molar-refractivity contribution in [3.05, 3.63) is 23.4 Å². The number of anilines is 1. The third-order valence-electron chi connectivity index (χ3n) is 3.64. The van der Waals surface area contributed by atoms with E-state index in [1.54, 1.807) is 6.07 Å². The summed E-state index contributed by atoms with van der Waals surface area (Å²) in [5.74, 6) is 0.614. The fourth-order valence-corrected chi connectivity index (χ4v) is 2.73. The molecular formula is C14H20N2O2. The topological polar surface area (TPSA) is 53.4 Å². The fraction of sp³-hybridized carbons (Fsp3) is 0.571. The van der Waals surface area contributed by atoms with Crippen LogP contribution >= 0.6 is 0 Å². The summed E-state index contributed by atoms with van der Waals surface area (Å²) in [6.07, 6.45) is 3.84. The van der Waals surface area contributed by atoms with Gasteiger partial charge in [-0.2, -0.15) is 0 Å². The molecule has 98 valence electrons. The first-order valence-electron chi connectivity index (χ1n) is 6.47. The molecule has 1 atom stereocenters. The number of carboxylic acids is 1. The second kappa shape index (κ2) is 4.96. The number of aromatic carboxylic acids is 1. The molecule has 1 aromatic rings. The molecule has 1 unspecified atom stereocenters. The van der Waals surface area contributed by atoms with Crippen LogP contribution in [0.5, 0.6) is 0 Å². The highest BCUT2D eigenvalue weighted by atomic mass is 16.4. The molecule has 1 fully saturated rings. The number of nitrogens with zero attached hydrogens (tertiary/aromatic N) is 2. The predicted molar refractivity (Wildman–Crippen MR) is 71.1 cm³/mol. The number of rotatable bonds is 3. The summed E-state index contributed by atoms with van der Waals surface area (Å²) in [5.41, 5.74) is 1.21. The number of aromatic nitrogens is 1. The lowest BCUT2D eigenvalue weighted by molar-refractivity contribution is 0.0696. The molecule has 4 nitrogen and oxygen atoms in total. The largest absolute Gasteiger partial charge is 0.478 e. The molecule has 1 aliphatic heterocycles. The molecule has 0 radical (unpaired) electrons. The molecule has 1 N–H and O–H groups in total. The van der Waals surface area contributed by atoms with E-state index in [1.165, 1.54) is 19.0 Å². The predicted octanol–water partition coefficient (Wildman–Crippen LogP) is 2.71. The molecule has 18 heavy (non-hydrogen) atoms.